The summed E-state index contributed by atoms with van der Waals surface area (Å²) in [7, 11) is 0. The van der Waals surface area contributed by atoms with Crippen molar-refractivity contribution in [2.24, 2.45) is 5.92 Å². The molecule has 256 valence electrons. The Labute approximate surface area is 272 Å². The first-order chi connectivity index (χ1) is 22.0. The van der Waals surface area contributed by atoms with Crippen LogP contribution in [0.2, 0.25) is 0 Å². The topological polar surface area (TPSA) is 147 Å². The lowest BCUT2D eigenvalue weighted by Crippen LogP contribution is -2.52. The lowest BCUT2D eigenvalue weighted by molar-refractivity contribution is -0.132. The molecule has 2 atom stereocenters. The lowest BCUT2D eigenvalue weighted by Gasteiger charge is -2.33. The van der Waals surface area contributed by atoms with E-state index in [1.54, 1.807) is 9.80 Å². The van der Waals surface area contributed by atoms with Crippen LogP contribution in [0.1, 0.15) is 90.5 Å². The van der Waals surface area contributed by atoms with Gasteiger partial charge in [-0.2, -0.15) is 0 Å². The molecule has 2 fully saturated rings. The van der Waals surface area contributed by atoms with Crippen LogP contribution in [0.15, 0.2) is 24.3 Å². The third-order valence-electron chi connectivity index (χ3n) is 8.85. The molecule has 4 rings (SSSR count). The van der Waals surface area contributed by atoms with Gasteiger partial charge in [0.2, 0.25) is 11.8 Å². The zero-order valence-electron chi connectivity index (χ0n) is 27.6. The fourth-order valence-electron chi connectivity index (χ4n) is 6.30. The molecule has 0 radical (unpaired) electrons. The van der Waals surface area contributed by atoms with Gasteiger partial charge >= 0.3 is 12.2 Å². The molecule has 0 bridgehead atoms. The van der Waals surface area contributed by atoms with Crippen molar-refractivity contribution in [2.75, 3.05) is 32.8 Å². The Morgan fingerprint density at radius 2 is 1.70 bits per heavy atom. The minimum absolute atomic E-state index is 0.0776. The van der Waals surface area contributed by atoms with Crippen molar-refractivity contribution in [3.05, 3.63) is 29.8 Å². The first-order valence-electron chi connectivity index (χ1n) is 16.9. The van der Waals surface area contributed by atoms with Gasteiger partial charge in [-0.15, -0.1) is 0 Å². The van der Waals surface area contributed by atoms with Gasteiger partial charge in [0.25, 0.3) is 0 Å². The number of likely N-dealkylation sites (tertiary alicyclic amines) is 1. The van der Waals surface area contributed by atoms with Crippen LogP contribution in [0.3, 0.4) is 0 Å². The van der Waals surface area contributed by atoms with Crippen molar-refractivity contribution in [2.45, 2.75) is 115 Å². The van der Waals surface area contributed by atoms with Crippen molar-refractivity contribution in [1.82, 2.24) is 20.4 Å². The molecule has 3 N–H and O–H groups in total. The molecule has 1 aromatic carbocycles. The summed E-state index contributed by atoms with van der Waals surface area (Å²) >= 11 is 0. The summed E-state index contributed by atoms with van der Waals surface area (Å²) < 4.78 is 16.9. The van der Waals surface area contributed by atoms with Crippen molar-refractivity contribution in [3.8, 4) is 5.75 Å². The van der Waals surface area contributed by atoms with Gasteiger partial charge < -0.3 is 39.8 Å². The number of aliphatic hydroxyl groups excluding tert-OH is 1. The summed E-state index contributed by atoms with van der Waals surface area (Å²) in [5.74, 6) is 0.598. The molecule has 12 heteroatoms. The average Bonchev–Trinajstić information content (AvgIpc) is 3.25. The highest BCUT2D eigenvalue weighted by atomic mass is 16.6. The minimum atomic E-state index is -0.832. The maximum atomic E-state index is 13.5. The zero-order chi connectivity index (χ0) is 33.1. The van der Waals surface area contributed by atoms with Gasteiger partial charge in [0, 0.05) is 44.5 Å². The Morgan fingerprint density at radius 1 is 0.978 bits per heavy atom. The highest BCUT2D eigenvalue weighted by Crippen LogP contribution is 2.28. The van der Waals surface area contributed by atoms with Crippen LogP contribution in [0.4, 0.5) is 9.59 Å². The number of para-hydroxylation sites is 1. The molecule has 0 unspecified atom stereocenters. The number of carbonyl (C=O) groups excluding carboxylic acids is 4. The molecule has 2 aliphatic heterocycles. The lowest BCUT2D eigenvalue weighted by atomic mass is 9.84. The van der Waals surface area contributed by atoms with E-state index in [1.165, 1.54) is 6.42 Å². The van der Waals surface area contributed by atoms with Gasteiger partial charge in [0.15, 0.2) is 0 Å². The minimum Gasteiger partial charge on any atom is -0.491 e. The van der Waals surface area contributed by atoms with Crippen molar-refractivity contribution in [3.63, 3.8) is 0 Å². The zero-order valence-corrected chi connectivity index (χ0v) is 27.6. The number of aliphatic hydroxyl groups is 1. The molecule has 12 nitrogen and oxygen atoms in total. The number of alkyl carbamates (subject to hydrolysis) is 1. The highest BCUT2D eigenvalue weighted by Gasteiger charge is 2.32. The molecule has 0 spiro atoms. The number of rotatable bonds is 10. The first kappa shape index (κ1) is 35.3. The van der Waals surface area contributed by atoms with Crippen LogP contribution in [0.5, 0.6) is 5.75 Å². The number of benzene rings is 1. The average molecular weight is 645 g/mol. The maximum Gasteiger partial charge on any atom is 0.410 e. The third kappa shape index (κ3) is 11.1. The second-order valence-electron chi connectivity index (χ2n) is 13.7. The largest absolute Gasteiger partial charge is 0.491 e. The smallest absolute Gasteiger partial charge is 0.410 e. The number of hydrogen-bond acceptors (Lipinski definition) is 8. The predicted molar refractivity (Wildman–Crippen MR) is 171 cm³/mol. The van der Waals surface area contributed by atoms with Gasteiger partial charge in [0.05, 0.1) is 19.2 Å². The van der Waals surface area contributed by atoms with Crippen LogP contribution in [0.25, 0.3) is 0 Å². The van der Waals surface area contributed by atoms with Gasteiger partial charge in [-0.25, -0.2) is 9.59 Å². The molecule has 46 heavy (non-hydrogen) atoms. The number of hydrogen-bond donors (Lipinski definition) is 3. The van der Waals surface area contributed by atoms with Gasteiger partial charge in [0.1, 0.15) is 30.1 Å². The van der Waals surface area contributed by atoms with E-state index in [1.807, 2.05) is 45.0 Å². The van der Waals surface area contributed by atoms with Crippen LogP contribution < -0.4 is 15.4 Å². The number of nitrogens with one attached hydrogen (secondary N) is 2. The maximum absolute atomic E-state index is 13.5. The molecule has 2 heterocycles. The number of piperidine rings is 1. The molecule has 3 aliphatic rings. The molecule has 4 amide bonds. The summed E-state index contributed by atoms with van der Waals surface area (Å²) in [6.45, 7) is 7.24. The Hall–Kier alpha value is -3.54. The molecule has 1 saturated heterocycles. The second-order valence-corrected chi connectivity index (χ2v) is 13.7. The number of carbonyl (C=O) groups is 4. The SMILES string of the molecule is CC(C)(C)OC(=O)N1CCC(OC(=O)N[C@@H](CC2CCCCC2)C(=O)N[C@H](CO)CCC(=O)N2CCOc3ccccc3C2)CC1. The summed E-state index contributed by atoms with van der Waals surface area (Å²) in [6.07, 6.45) is 5.72. The summed E-state index contributed by atoms with van der Waals surface area (Å²) in [5, 5.41) is 15.8. The van der Waals surface area contributed by atoms with Gasteiger partial charge in [-0.3, -0.25) is 9.59 Å². The van der Waals surface area contributed by atoms with E-state index in [9.17, 15) is 24.3 Å². The second kappa shape index (κ2) is 16.9. The number of amides is 4. The standard InChI is InChI=1S/C34H52N4O8/c1-34(2,3)46-33(43)37-17-15-27(16-18-37)45-32(42)36-28(21-24-9-5-4-6-10-24)31(41)35-26(23-39)13-14-30(40)38-19-20-44-29-12-8-7-11-25(29)22-38/h7-8,11-12,24,26-28,39H,4-6,9-10,13-23H2,1-3H3,(H,35,41)(H,36,42)/t26-,28-/m0/s1. The Balaban J connectivity index is 1.28. The van der Waals surface area contributed by atoms with Crippen molar-refractivity contribution in [1.29, 1.82) is 0 Å². The quantitative estimate of drug-likeness (QED) is 0.345. The summed E-state index contributed by atoms with van der Waals surface area (Å²) in [4.78, 5) is 55.3. The Morgan fingerprint density at radius 3 is 2.39 bits per heavy atom. The highest BCUT2D eigenvalue weighted by molar-refractivity contribution is 5.86. The normalized spacial score (nSPS) is 19.1. The van der Waals surface area contributed by atoms with E-state index >= 15 is 0 Å². The Bertz CT molecular complexity index is 1170. The number of ether oxygens (including phenoxy) is 3. The monoisotopic (exact) mass is 644 g/mol. The van der Waals surface area contributed by atoms with Crippen LogP contribution in [-0.2, 0) is 25.6 Å². The molecule has 0 aromatic heterocycles. The Kier molecular flexibility index (Phi) is 12.9. The van der Waals surface area contributed by atoms with E-state index in [4.69, 9.17) is 14.2 Å². The molecular formula is C34H52N4O8. The predicted octanol–water partition coefficient (Wildman–Crippen LogP) is 4.13. The number of nitrogens with zero attached hydrogens (tertiary/aromatic N) is 2. The first-order valence-corrected chi connectivity index (χ1v) is 16.9. The molecule has 1 saturated carbocycles. The van der Waals surface area contributed by atoms with Crippen molar-refractivity contribution >= 4 is 24.0 Å². The summed E-state index contributed by atoms with van der Waals surface area (Å²) in [5.41, 5.74) is 0.357. The third-order valence-corrected chi connectivity index (χ3v) is 8.85. The van der Waals surface area contributed by atoms with Gasteiger partial charge in [-0.05, 0) is 45.6 Å². The summed E-state index contributed by atoms with van der Waals surface area (Å²) in [6, 6.07) is 6.17. The molecule has 1 aliphatic carbocycles. The molecular weight excluding hydrogens is 592 g/mol. The van der Waals surface area contributed by atoms with Crippen molar-refractivity contribution < 1.29 is 38.5 Å². The number of fused-ring (bicyclic) bond motifs is 1. The van der Waals surface area contributed by atoms with E-state index in [2.05, 4.69) is 10.6 Å². The van der Waals surface area contributed by atoms with Crippen LogP contribution in [-0.4, -0.2) is 95.5 Å². The van der Waals surface area contributed by atoms with Gasteiger partial charge in [-0.1, -0.05) is 50.3 Å². The molecule has 1 aromatic rings. The van der Waals surface area contributed by atoms with E-state index in [-0.39, 0.29) is 37.6 Å². The van der Waals surface area contributed by atoms with E-state index < -0.39 is 29.7 Å². The van der Waals surface area contributed by atoms with E-state index in [0.29, 0.717) is 58.0 Å². The van der Waals surface area contributed by atoms with E-state index in [0.717, 1.165) is 37.0 Å². The fourth-order valence-corrected chi connectivity index (χ4v) is 6.30. The van der Waals surface area contributed by atoms with Crippen LogP contribution >= 0.6 is 0 Å². The fraction of sp³-hybridized carbons (Fsp3) is 0.706. The van der Waals surface area contributed by atoms with Crippen LogP contribution in [0, 0.1) is 5.92 Å².